The van der Waals surface area contributed by atoms with Gasteiger partial charge in [-0.1, -0.05) is 59.3 Å². The SMILES string of the molecule is CCCCC1CCC(C(=O)Oc2ccc(-c3nn(C4CCC4)c(-c4ccc(OC(=O)C5CCC(CCCC)CC5)cc4)c3CC)cc2)CC1. The maximum absolute atomic E-state index is 13.0. The van der Waals surface area contributed by atoms with Gasteiger partial charge in [0.05, 0.1) is 29.3 Å². The largest absolute Gasteiger partial charge is 0.426 e. The van der Waals surface area contributed by atoms with Crippen LogP contribution in [0.1, 0.15) is 142 Å². The second kappa shape index (κ2) is 17.0. The topological polar surface area (TPSA) is 70.4 Å². The predicted molar refractivity (Wildman–Crippen MR) is 197 cm³/mol. The van der Waals surface area contributed by atoms with E-state index in [9.17, 15) is 9.59 Å². The number of carbonyl (C=O) groups is 2. The number of benzene rings is 2. The van der Waals surface area contributed by atoms with E-state index in [1.807, 2.05) is 36.4 Å². The number of unbranched alkanes of at least 4 members (excludes halogenated alkanes) is 2. The molecule has 0 unspecified atom stereocenters. The molecule has 3 saturated carbocycles. The second-order valence-corrected chi connectivity index (χ2v) is 15.2. The third kappa shape index (κ3) is 8.67. The van der Waals surface area contributed by atoms with Crippen molar-refractivity contribution in [3.05, 3.63) is 54.1 Å². The van der Waals surface area contributed by atoms with Crippen molar-refractivity contribution in [2.24, 2.45) is 23.7 Å². The van der Waals surface area contributed by atoms with Crippen LogP contribution in [-0.4, -0.2) is 21.7 Å². The molecular formula is C43H58N2O4. The molecule has 3 aliphatic rings. The molecule has 0 N–H and O–H groups in total. The van der Waals surface area contributed by atoms with Crippen LogP contribution in [0.2, 0.25) is 0 Å². The summed E-state index contributed by atoms with van der Waals surface area (Å²) in [6.45, 7) is 6.68. The number of rotatable bonds is 14. The van der Waals surface area contributed by atoms with Gasteiger partial charge >= 0.3 is 11.9 Å². The van der Waals surface area contributed by atoms with Crippen LogP contribution in [0.15, 0.2) is 48.5 Å². The molecule has 0 bridgehead atoms. The molecule has 6 nitrogen and oxygen atoms in total. The van der Waals surface area contributed by atoms with E-state index in [1.54, 1.807) is 0 Å². The van der Waals surface area contributed by atoms with Gasteiger partial charge in [-0.2, -0.15) is 5.10 Å². The molecule has 0 radical (unpaired) electrons. The molecule has 49 heavy (non-hydrogen) atoms. The zero-order valence-corrected chi connectivity index (χ0v) is 30.3. The molecule has 0 spiro atoms. The standard InChI is InChI=1S/C43H58N2O4/c1-4-7-10-30-14-18-34(19-15-30)42(46)48-37-26-22-32(23-27-37)40-39(6-3)41(45(44-40)36-12-9-13-36)33-24-28-38(29-25-33)49-43(47)35-20-16-31(17-21-35)11-8-5-2/h22-31,34-36H,4-21H2,1-3H3. The first kappa shape index (κ1) is 35.4. The highest BCUT2D eigenvalue weighted by molar-refractivity contribution is 5.78. The molecule has 3 aliphatic carbocycles. The minimum Gasteiger partial charge on any atom is -0.426 e. The number of nitrogens with zero attached hydrogens (tertiary/aromatic N) is 2. The zero-order chi connectivity index (χ0) is 34.2. The first-order valence-corrected chi connectivity index (χ1v) is 19.7. The number of ether oxygens (including phenoxy) is 2. The van der Waals surface area contributed by atoms with Gasteiger partial charge in [0.25, 0.3) is 0 Å². The van der Waals surface area contributed by atoms with E-state index < -0.39 is 0 Å². The van der Waals surface area contributed by atoms with Crippen molar-refractivity contribution >= 4 is 11.9 Å². The Balaban J connectivity index is 1.12. The molecule has 0 amide bonds. The minimum atomic E-state index is -0.0867. The molecule has 6 rings (SSSR count). The number of hydrogen-bond donors (Lipinski definition) is 0. The van der Waals surface area contributed by atoms with E-state index in [0.717, 1.165) is 105 Å². The van der Waals surface area contributed by atoms with Gasteiger partial charge in [0.1, 0.15) is 11.5 Å². The summed E-state index contributed by atoms with van der Waals surface area (Å²) in [4.78, 5) is 26.0. The van der Waals surface area contributed by atoms with Gasteiger partial charge < -0.3 is 9.47 Å². The Morgan fingerprint density at radius 2 is 1.12 bits per heavy atom. The minimum absolute atomic E-state index is 0.00947. The number of aromatic nitrogens is 2. The molecule has 1 aromatic heterocycles. The van der Waals surface area contributed by atoms with Gasteiger partial charge in [0, 0.05) is 16.7 Å². The molecular weight excluding hydrogens is 608 g/mol. The normalized spacial score (nSPS) is 22.8. The highest BCUT2D eigenvalue weighted by Gasteiger charge is 2.30. The number of esters is 2. The summed E-state index contributed by atoms with van der Waals surface area (Å²) in [5.41, 5.74) is 5.46. The monoisotopic (exact) mass is 666 g/mol. The molecule has 0 saturated heterocycles. The van der Waals surface area contributed by atoms with Crippen molar-refractivity contribution in [3.63, 3.8) is 0 Å². The lowest BCUT2D eigenvalue weighted by Crippen LogP contribution is -2.25. The van der Waals surface area contributed by atoms with E-state index >= 15 is 0 Å². The molecule has 0 atom stereocenters. The maximum Gasteiger partial charge on any atom is 0.314 e. The molecule has 1 heterocycles. The third-order valence-electron chi connectivity index (χ3n) is 11.8. The first-order chi connectivity index (χ1) is 24.0. The van der Waals surface area contributed by atoms with Crippen molar-refractivity contribution in [1.82, 2.24) is 9.78 Å². The van der Waals surface area contributed by atoms with Crippen LogP contribution in [0.3, 0.4) is 0 Å². The number of carbonyl (C=O) groups excluding carboxylic acids is 2. The predicted octanol–water partition coefficient (Wildman–Crippen LogP) is 11.3. The third-order valence-corrected chi connectivity index (χ3v) is 11.8. The fourth-order valence-corrected chi connectivity index (χ4v) is 8.36. The van der Waals surface area contributed by atoms with Crippen molar-refractivity contribution in [3.8, 4) is 34.0 Å². The van der Waals surface area contributed by atoms with E-state index in [1.165, 1.54) is 50.5 Å². The van der Waals surface area contributed by atoms with Crippen molar-refractivity contribution in [2.75, 3.05) is 0 Å². The van der Waals surface area contributed by atoms with Gasteiger partial charge in [-0.3, -0.25) is 14.3 Å². The van der Waals surface area contributed by atoms with E-state index in [0.29, 0.717) is 17.5 Å². The summed E-state index contributed by atoms with van der Waals surface area (Å²) < 4.78 is 14.0. The Labute approximate surface area is 294 Å². The van der Waals surface area contributed by atoms with Crippen LogP contribution in [0.5, 0.6) is 11.5 Å². The first-order valence-electron chi connectivity index (χ1n) is 19.7. The summed E-state index contributed by atoms with van der Waals surface area (Å²) in [6, 6.07) is 16.4. The molecule has 3 fully saturated rings. The Morgan fingerprint density at radius 3 is 1.53 bits per heavy atom. The highest BCUT2D eigenvalue weighted by atomic mass is 16.5. The van der Waals surface area contributed by atoms with Crippen molar-refractivity contribution in [1.29, 1.82) is 0 Å². The zero-order valence-electron chi connectivity index (χ0n) is 30.3. The Morgan fingerprint density at radius 1 is 0.653 bits per heavy atom. The van der Waals surface area contributed by atoms with E-state index in [4.69, 9.17) is 14.6 Å². The van der Waals surface area contributed by atoms with Crippen molar-refractivity contribution < 1.29 is 19.1 Å². The Kier molecular flexibility index (Phi) is 12.3. The van der Waals surface area contributed by atoms with Gasteiger partial charge in [0.15, 0.2) is 0 Å². The van der Waals surface area contributed by atoms with E-state index in [-0.39, 0.29) is 23.8 Å². The summed E-state index contributed by atoms with van der Waals surface area (Å²) in [5, 5.41) is 5.22. The fourth-order valence-electron chi connectivity index (χ4n) is 8.36. The Hall–Kier alpha value is -3.41. The Bertz CT molecular complexity index is 1500. The van der Waals surface area contributed by atoms with Crippen LogP contribution < -0.4 is 9.47 Å². The van der Waals surface area contributed by atoms with Crippen molar-refractivity contribution in [2.45, 2.75) is 142 Å². The average Bonchev–Trinajstić information content (AvgIpc) is 3.48. The van der Waals surface area contributed by atoms with Crippen LogP contribution in [0, 0.1) is 23.7 Å². The van der Waals surface area contributed by atoms with Crippen LogP contribution >= 0.6 is 0 Å². The summed E-state index contributed by atoms with van der Waals surface area (Å²) in [6.07, 6.45) is 20.3. The lowest BCUT2D eigenvalue weighted by atomic mass is 9.80. The summed E-state index contributed by atoms with van der Waals surface area (Å²) >= 11 is 0. The van der Waals surface area contributed by atoms with Crippen LogP contribution in [0.4, 0.5) is 0 Å². The van der Waals surface area contributed by atoms with Crippen LogP contribution in [-0.2, 0) is 16.0 Å². The van der Waals surface area contributed by atoms with Gasteiger partial charge in [-0.05, 0) is 137 Å². The van der Waals surface area contributed by atoms with Gasteiger partial charge in [0.2, 0.25) is 0 Å². The van der Waals surface area contributed by atoms with E-state index in [2.05, 4.69) is 37.6 Å². The number of hydrogen-bond acceptors (Lipinski definition) is 5. The lowest BCUT2D eigenvalue weighted by Gasteiger charge is -2.28. The molecule has 0 aliphatic heterocycles. The molecule has 3 aromatic rings. The van der Waals surface area contributed by atoms with Gasteiger partial charge in [-0.15, -0.1) is 0 Å². The van der Waals surface area contributed by atoms with Gasteiger partial charge in [-0.25, -0.2) is 0 Å². The quantitative estimate of drug-likeness (QED) is 0.126. The lowest BCUT2D eigenvalue weighted by molar-refractivity contribution is -0.141. The summed E-state index contributed by atoms with van der Waals surface area (Å²) in [7, 11) is 0. The maximum atomic E-state index is 13.0. The molecule has 264 valence electrons. The summed E-state index contributed by atoms with van der Waals surface area (Å²) in [5.74, 6) is 2.61. The highest BCUT2D eigenvalue weighted by Crippen LogP contribution is 2.41. The van der Waals surface area contributed by atoms with Crippen LogP contribution in [0.25, 0.3) is 22.5 Å². The molecule has 6 heteroatoms. The second-order valence-electron chi connectivity index (χ2n) is 15.2. The average molecular weight is 667 g/mol. The smallest absolute Gasteiger partial charge is 0.314 e. The fraction of sp³-hybridized carbons (Fsp3) is 0.605. The molecule has 2 aromatic carbocycles.